The summed E-state index contributed by atoms with van der Waals surface area (Å²) < 4.78 is 37.4. The van der Waals surface area contributed by atoms with Gasteiger partial charge in [-0.05, 0) is 54.8 Å². The second kappa shape index (κ2) is 9.59. The van der Waals surface area contributed by atoms with Gasteiger partial charge >= 0.3 is 0 Å². The van der Waals surface area contributed by atoms with E-state index in [4.69, 9.17) is 9.47 Å². The highest BCUT2D eigenvalue weighted by Crippen LogP contribution is 2.25. The van der Waals surface area contributed by atoms with Gasteiger partial charge in [0, 0.05) is 18.7 Å². The highest BCUT2D eigenvalue weighted by atomic mass is 32.2. The summed E-state index contributed by atoms with van der Waals surface area (Å²) in [7, 11) is -1.95. The van der Waals surface area contributed by atoms with E-state index < -0.39 is 10.0 Å². The SMILES string of the molecule is CCC(NC(=O)c1ccc(S(=O)(=O)N2CCOCC2)cc1)c1ccc(OC)c(C)c1. The van der Waals surface area contributed by atoms with Gasteiger partial charge in [-0.3, -0.25) is 4.79 Å². The molecule has 1 N–H and O–H groups in total. The second-order valence-corrected chi connectivity index (χ2v) is 9.14. The molecule has 1 saturated heterocycles. The molecular weight excluding hydrogens is 404 g/mol. The van der Waals surface area contributed by atoms with Gasteiger partial charge < -0.3 is 14.8 Å². The summed E-state index contributed by atoms with van der Waals surface area (Å²) in [4.78, 5) is 12.9. The molecule has 8 heteroatoms. The van der Waals surface area contributed by atoms with Crippen LogP contribution in [0.15, 0.2) is 47.4 Å². The molecule has 0 saturated carbocycles. The van der Waals surface area contributed by atoms with Crippen molar-refractivity contribution >= 4 is 15.9 Å². The second-order valence-electron chi connectivity index (χ2n) is 7.20. The molecule has 1 fully saturated rings. The number of hydrogen-bond donors (Lipinski definition) is 1. The number of amides is 1. The predicted octanol–water partition coefficient (Wildman–Crippen LogP) is 2.91. The van der Waals surface area contributed by atoms with Crippen LogP contribution in [0.5, 0.6) is 5.75 Å². The highest BCUT2D eigenvalue weighted by molar-refractivity contribution is 7.89. The molecule has 162 valence electrons. The average Bonchev–Trinajstić information content (AvgIpc) is 2.78. The maximum Gasteiger partial charge on any atom is 0.251 e. The normalized spacial score (nSPS) is 16.1. The lowest BCUT2D eigenvalue weighted by Gasteiger charge is -2.26. The number of carbonyl (C=O) groups is 1. The van der Waals surface area contributed by atoms with Gasteiger partial charge in [-0.15, -0.1) is 0 Å². The van der Waals surface area contributed by atoms with E-state index >= 15 is 0 Å². The van der Waals surface area contributed by atoms with E-state index in [2.05, 4.69) is 5.32 Å². The number of ether oxygens (including phenoxy) is 2. The summed E-state index contributed by atoms with van der Waals surface area (Å²) in [6, 6.07) is 11.8. The lowest BCUT2D eigenvalue weighted by Crippen LogP contribution is -2.40. The van der Waals surface area contributed by atoms with Crippen molar-refractivity contribution in [1.82, 2.24) is 9.62 Å². The van der Waals surface area contributed by atoms with Gasteiger partial charge in [0.1, 0.15) is 5.75 Å². The Morgan fingerprint density at radius 1 is 1.17 bits per heavy atom. The van der Waals surface area contributed by atoms with Crippen molar-refractivity contribution in [3.8, 4) is 5.75 Å². The number of benzene rings is 2. The molecule has 0 aromatic heterocycles. The van der Waals surface area contributed by atoms with Crippen LogP contribution >= 0.6 is 0 Å². The molecule has 2 aromatic carbocycles. The number of nitrogens with zero attached hydrogens (tertiary/aromatic N) is 1. The van der Waals surface area contributed by atoms with Crippen LogP contribution in [-0.2, 0) is 14.8 Å². The van der Waals surface area contributed by atoms with Gasteiger partial charge in [0.15, 0.2) is 0 Å². The minimum Gasteiger partial charge on any atom is -0.496 e. The zero-order chi connectivity index (χ0) is 21.7. The largest absolute Gasteiger partial charge is 0.496 e. The van der Waals surface area contributed by atoms with Gasteiger partial charge in [0.25, 0.3) is 5.91 Å². The minimum absolute atomic E-state index is 0.154. The van der Waals surface area contributed by atoms with Crippen molar-refractivity contribution in [3.05, 3.63) is 59.2 Å². The molecule has 1 heterocycles. The first-order valence-electron chi connectivity index (χ1n) is 10.00. The van der Waals surface area contributed by atoms with Gasteiger partial charge in [-0.2, -0.15) is 4.31 Å². The van der Waals surface area contributed by atoms with Crippen LogP contribution in [0.3, 0.4) is 0 Å². The average molecular weight is 433 g/mol. The van der Waals surface area contributed by atoms with Crippen LogP contribution in [0.1, 0.15) is 40.9 Å². The Morgan fingerprint density at radius 2 is 1.83 bits per heavy atom. The topological polar surface area (TPSA) is 84.9 Å². The molecule has 0 bridgehead atoms. The molecular formula is C22H28N2O5S. The maximum absolute atomic E-state index is 12.7. The zero-order valence-corrected chi connectivity index (χ0v) is 18.4. The molecule has 30 heavy (non-hydrogen) atoms. The maximum atomic E-state index is 12.7. The van der Waals surface area contributed by atoms with Crippen LogP contribution < -0.4 is 10.1 Å². The van der Waals surface area contributed by atoms with Crippen LogP contribution in [0.4, 0.5) is 0 Å². The van der Waals surface area contributed by atoms with Crippen molar-refractivity contribution in [2.75, 3.05) is 33.4 Å². The van der Waals surface area contributed by atoms with Crippen molar-refractivity contribution < 1.29 is 22.7 Å². The number of aryl methyl sites for hydroxylation is 1. The fourth-order valence-corrected chi connectivity index (χ4v) is 4.90. The molecule has 1 atom stereocenters. The third-order valence-electron chi connectivity index (χ3n) is 5.26. The van der Waals surface area contributed by atoms with E-state index in [0.29, 0.717) is 31.9 Å². The first kappa shape index (κ1) is 22.3. The molecule has 0 spiro atoms. The number of rotatable bonds is 7. The van der Waals surface area contributed by atoms with E-state index in [0.717, 1.165) is 23.3 Å². The van der Waals surface area contributed by atoms with E-state index in [1.54, 1.807) is 19.2 Å². The summed E-state index contributed by atoms with van der Waals surface area (Å²) in [6.07, 6.45) is 0.723. The highest BCUT2D eigenvalue weighted by Gasteiger charge is 2.26. The minimum atomic E-state index is -3.58. The summed E-state index contributed by atoms with van der Waals surface area (Å²) in [6.45, 7) is 5.42. The molecule has 0 radical (unpaired) electrons. The summed E-state index contributed by atoms with van der Waals surface area (Å²) in [5.74, 6) is 0.558. The quantitative estimate of drug-likeness (QED) is 0.727. The van der Waals surface area contributed by atoms with Gasteiger partial charge in [0.05, 0.1) is 31.3 Å². The molecule has 1 aliphatic heterocycles. The molecule has 0 aliphatic carbocycles. The van der Waals surface area contributed by atoms with E-state index in [9.17, 15) is 13.2 Å². The van der Waals surface area contributed by atoms with E-state index in [1.165, 1.54) is 16.4 Å². The Kier molecular flexibility index (Phi) is 7.12. The van der Waals surface area contributed by atoms with Crippen molar-refractivity contribution in [1.29, 1.82) is 0 Å². The Morgan fingerprint density at radius 3 is 2.40 bits per heavy atom. The van der Waals surface area contributed by atoms with Crippen molar-refractivity contribution in [2.45, 2.75) is 31.2 Å². The van der Waals surface area contributed by atoms with Crippen LogP contribution in [0.25, 0.3) is 0 Å². The van der Waals surface area contributed by atoms with Crippen LogP contribution in [0.2, 0.25) is 0 Å². The van der Waals surface area contributed by atoms with Gasteiger partial charge in [-0.25, -0.2) is 8.42 Å². The van der Waals surface area contributed by atoms with Crippen molar-refractivity contribution in [2.24, 2.45) is 0 Å². The summed E-state index contributed by atoms with van der Waals surface area (Å²) >= 11 is 0. The smallest absolute Gasteiger partial charge is 0.251 e. The number of sulfonamides is 1. The fourth-order valence-electron chi connectivity index (χ4n) is 3.50. The predicted molar refractivity (Wildman–Crippen MR) is 114 cm³/mol. The lowest BCUT2D eigenvalue weighted by atomic mass is 10.0. The van der Waals surface area contributed by atoms with Gasteiger partial charge in [-0.1, -0.05) is 19.1 Å². The van der Waals surface area contributed by atoms with Crippen molar-refractivity contribution in [3.63, 3.8) is 0 Å². The number of carbonyl (C=O) groups excluding carboxylic acids is 1. The molecule has 1 aliphatic rings. The monoisotopic (exact) mass is 432 g/mol. The summed E-state index contributed by atoms with van der Waals surface area (Å²) in [5.41, 5.74) is 2.41. The molecule has 1 amide bonds. The Hall–Kier alpha value is -2.42. The first-order valence-corrected chi connectivity index (χ1v) is 11.4. The summed E-state index contributed by atoms with van der Waals surface area (Å²) in [5, 5.41) is 3.03. The van der Waals surface area contributed by atoms with Crippen LogP contribution in [0, 0.1) is 6.92 Å². The Labute approximate surface area is 178 Å². The third-order valence-corrected chi connectivity index (χ3v) is 7.17. The molecule has 7 nitrogen and oxygen atoms in total. The zero-order valence-electron chi connectivity index (χ0n) is 17.6. The first-order chi connectivity index (χ1) is 14.4. The number of methoxy groups -OCH3 is 1. The molecule has 1 unspecified atom stereocenters. The number of nitrogens with one attached hydrogen (secondary N) is 1. The third kappa shape index (κ3) is 4.83. The standard InChI is InChI=1S/C22H28N2O5S/c1-4-20(18-7-10-21(28-3)16(2)15-18)23-22(25)17-5-8-19(9-6-17)30(26,27)24-11-13-29-14-12-24/h5-10,15,20H,4,11-14H2,1-3H3,(H,23,25). The Bertz CT molecular complexity index is 983. The number of hydrogen-bond acceptors (Lipinski definition) is 5. The fraction of sp³-hybridized carbons (Fsp3) is 0.409. The lowest BCUT2D eigenvalue weighted by molar-refractivity contribution is 0.0730. The molecule has 2 aromatic rings. The molecule has 3 rings (SSSR count). The number of morpholine rings is 1. The van der Waals surface area contributed by atoms with Crippen LogP contribution in [-0.4, -0.2) is 52.0 Å². The van der Waals surface area contributed by atoms with E-state index in [1.807, 2.05) is 32.0 Å². The Balaban J connectivity index is 1.72. The van der Waals surface area contributed by atoms with E-state index in [-0.39, 0.29) is 16.8 Å². The van der Waals surface area contributed by atoms with Gasteiger partial charge in [0.2, 0.25) is 10.0 Å².